The van der Waals surface area contributed by atoms with Crippen LogP contribution in [0.3, 0.4) is 0 Å². The number of carboxylic acid groups (broad SMARTS) is 1. The number of alkyl halides is 6. The van der Waals surface area contributed by atoms with Crippen molar-refractivity contribution in [1.29, 1.82) is 0 Å². The molecule has 1 heterocycles. The number of aromatic amines is 1. The molecule has 2 aromatic carbocycles. The average Bonchev–Trinajstić information content (AvgIpc) is 3.08. The lowest BCUT2D eigenvalue weighted by Gasteiger charge is -2.21. The highest BCUT2D eigenvalue weighted by molar-refractivity contribution is 7.89. The zero-order valence-electron chi connectivity index (χ0n) is 15.7. The lowest BCUT2D eigenvalue weighted by molar-refractivity contribution is -0.307. The highest BCUT2D eigenvalue weighted by atomic mass is 32.2. The van der Waals surface area contributed by atoms with Gasteiger partial charge in [-0.1, -0.05) is 18.2 Å². The number of H-pyrrole nitrogens is 1. The summed E-state index contributed by atoms with van der Waals surface area (Å²) in [5.74, 6) is -1.91. The maximum absolute atomic E-state index is 13.0. The first-order valence-corrected chi connectivity index (χ1v) is 10.2. The molecular weight excluding hydrogens is 466 g/mol. The lowest BCUT2D eigenvalue weighted by Crippen LogP contribution is -2.49. The lowest BCUT2D eigenvalue weighted by atomic mass is 10.1. The Kier molecular flexibility index (Phi) is 6.00. The molecule has 1 atom stereocenters. The molecule has 3 aromatic rings. The molecule has 13 heteroatoms. The van der Waals surface area contributed by atoms with Crippen molar-refractivity contribution >= 4 is 26.9 Å². The van der Waals surface area contributed by atoms with Gasteiger partial charge >= 0.3 is 12.4 Å². The van der Waals surface area contributed by atoms with Crippen LogP contribution in [-0.2, 0) is 33.6 Å². The molecule has 0 saturated heterocycles. The Balaban J connectivity index is 1.99. The van der Waals surface area contributed by atoms with Gasteiger partial charge in [-0.15, -0.1) is 0 Å². The smallest absolute Gasteiger partial charge is 0.416 e. The summed E-state index contributed by atoms with van der Waals surface area (Å²) in [6.45, 7) is 0. The molecule has 0 unspecified atom stereocenters. The minimum absolute atomic E-state index is 0.00436. The first-order chi connectivity index (χ1) is 14.7. The van der Waals surface area contributed by atoms with Crippen molar-refractivity contribution in [2.75, 3.05) is 0 Å². The summed E-state index contributed by atoms with van der Waals surface area (Å²) in [5.41, 5.74) is -2.75. The van der Waals surface area contributed by atoms with Crippen molar-refractivity contribution in [2.45, 2.75) is 29.7 Å². The maximum atomic E-state index is 13.0. The van der Waals surface area contributed by atoms with Crippen molar-refractivity contribution < 1.29 is 44.7 Å². The maximum Gasteiger partial charge on any atom is 0.416 e. The second-order valence-corrected chi connectivity index (χ2v) is 8.51. The van der Waals surface area contributed by atoms with Crippen LogP contribution >= 0.6 is 0 Å². The fourth-order valence-corrected chi connectivity index (χ4v) is 4.28. The van der Waals surface area contributed by atoms with E-state index in [1.165, 1.54) is 6.20 Å². The normalized spacial score (nSPS) is 13.9. The van der Waals surface area contributed by atoms with Crippen LogP contribution in [0.1, 0.15) is 16.7 Å². The van der Waals surface area contributed by atoms with E-state index in [1.54, 1.807) is 29.0 Å². The number of hydrogen-bond donors (Lipinski definition) is 2. The number of para-hydroxylation sites is 1. The number of carboxylic acids is 1. The van der Waals surface area contributed by atoms with Gasteiger partial charge in [0.15, 0.2) is 0 Å². The molecule has 0 saturated carbocycles. The number of carbonyl (C=O) groups is 1. The van der Waals surface area contributed by atoms with E-state index in [0.717, 1.165) is 0 Å². The number of benzene rings is 2. The van der Waals surface area contributed by atoms with Gasteiger partial charge in [0.25, 0.3) is 0 Å². The van der Waals surface area contributed by atoms with E-state index in [1.807, 2.05) is 0 Å². The van der Waals surface area contributed by atoms with Gasteiger partial charge in [0, 0.05) is 17.1 Å². The van der Waals surface area contributed by atoms with Crippen molar-refractivity contribution in [3.05, 3.63) is 65.4 Å². The SMILES string of the molecule is O=C([O-])[C@H](Cc1c[nH]c2ccccc12)NS(=O)(=O)c1cc(C(F)(F)F)cc(C(F)(F)F)c1. The second kappa shape index (κ2) is 8.13. The van der Waals surface area contributed by atoms with E-state index < -0.39 is 56.8 Å². The van der Waals surface area contributed by atoms with Gasteiger partial charge in [-0.05, 0) is 36.2 Å². The molecule has 0 amide bonds. The molecule has 32 heavy (non-hydrogen) atoms. The van der Waals surface area contributed by atoms with Crippen LogP contribution in [0.15, 0.2) is 53.6 Å². The third-order valence-corrected chi connectivity index (χ3v) is 6.00. The number of hydrogen-bond acceptors (Lipinski definition) is 4. The number of fused-ring (bicyclic) bond motifs is 1. The van der Waals surface area contributed by atoms with Crippen LogP contribution in [0.25, 0.3) is 10.9 Å². The van der Waals surface area contributed by atoms with Crippen LogP contribution < -0.4 is 9.83 Å². The number of sulfonamides is 1. The summed E-state index contributed by atoms with van der Waals surface area (Å²) in [6, 6.07) is 4.39. The summed E-state index contributed by atoms with van der Waals surface area (Å²) in [5, 5.41) is 12.1. The van der Waals surface area contributed by atoms with Gasteiger partial charge in [-0.25, -0.2) is 13.1 Å². The molecule has 2 N–H and O–H groups in total. The van der Waals surface area contributed by atoms with Crippen LogP contribution in [-0.4, -0.2) is 25.4 Å². The van der Waals surface area contributed by atoms with E-state index in [4.69, 9.17) is 0 Å². The highest BCUT2D eigenvalue weighted by Gasteiger charge is 2.38. The van der Waals surface area contributed by atoms with Gasteiger partial charge in [-0.2, -0.15) is 26.3 Å². The minimum Gasteiger partial charge on any atom is -0.548 e. The van der Waals surface area contributed by atoms with Crippen molar-refractivity contribution in [2.24, 2.45) is 0 Å². The molecule has 172 valence electrons. The Labute approximate surface area is 176 Å². The molecule has 0 bridgehead atoms. The second-order valence-electron chi connectivity index (χ2n) is 6.80. The van der Waals surface area contributed by atoms with Gasteiger partial charge in [0.1, 0.15) is 0 Å². The molecule has 0 spiro atoms. The van der Waals surface area contributed by atoms with Crippen LogP contribution in [0.2, 0.25) is 0 Å². The first kappa shape index (κ1) is 23.6. The van der Waals surface area contributed by atoms with Crippen LogP contribution in [0.5, 0.6) is 0 Å². The van der Waals surface area contributed by atoms with Crippen LogP contribution in [0, 0.1) is 0 Å². The van der Waals surface area contributed by atoms with Gasteiger partial charge in [-0.3, -0.25) is 0 Å². The summed E-state index contributed by atoms with van der Waals surface area (Å²) in [4.78, 5) is 13.0. The predicted molar refractivity (Wildman–Crippen MR) is 97.6 cm³/mol. The van der Waals surface area contributed by atoms with E-state index >= 15 is 0 Å². The summed E-state index contributed by atoms with van der Waals surface area (Å²) in [7, 11) is -5.11. The molecular formula is C19H13F6N2O4S-. The van der Waals surface area contributed by atoms with Crippen LogP contribution in [0.4, 0.5) is 26.3 Å². The summed E-state index contributed by atoms with van der Waals surface area (Å²) >= 11 is 0. The van der Waals surface area contributed by atoms with E-state index in [2.05, 4.69) is 4.98 Å². The Morgan fingerprint density at radius 1 is 1.00 bits per heavy atom. The predicted octanol–water partition coefficient (Wildman–Crippen LogP) is 2.85. The first-order valence-electron chi connectivity index (χ1n) is 8.76. The minimum atomic E-state index is -5.27. The van der Waals surface area contributed by atoms with Crippen molar-refractivity contribution in [3.63, 3.8) is 0 Å². The van der Waals surface area contributed by atoms with Crippen molar-refractivity contribution in [1.82, 2.24) is 9.71 Å². The fraction of sp³-hybridized carbons (Fsp3) is 0.211. The third-order valence-electron chi connectivity index (χ3n) is 4.55. The van der Waals surface area contributed by atoms with E-state index in [0.29, 0.717) is 16.5 Å². The molecule has 0 radical (unpaired) electrons. The Bertz CT molecular complexity index is 1230. The fourth-order valence-electron chi connectivity index (χ4n) is 3.03. The molecule has 0 aliphatic heterocycles. The molecule has 6 nitrogen and oxygen atoms in total. The molecule has 1 aromatic heterocycles. The molecule has 0 fully saturated rings. The molecule has 3 rings (SSSR count). The monoisotopic (exact) mass is 479 g/mol. The summed E-state index contributed by atoms with van der Waals surface area (Å²) in [6.07, 6.45) is -9.62. The quantitative estimate of drug-likeness (QED) is 0.531. The number of carbonyl (C=O) groups excluding carboxylic acids is 1. The Morgan fingerprint density at radius 2 is 1.56 bits per heavy atom. The number of aromatic nitrogens is 1. The number of halogens is 6. The van der Waals surface area contributed by atoms with E-state index in [9.17, 15) is 44.7 Å². The number of aliphatic carboxylic acids is 1. The number of nitrogens with one attached hydrogen (secondary N) is 2. The van der Waals surface area contributed by atoms with E-state index in [-0.39, 0.29) is 18.2 Å². The Hall–Kier alpha value is -3.06. The van der Waals surface area contributed by atoms with Crippen molar-refractivity contribution in [3.8, 4) is 0 Å². The van der Waals surface area contributed by atoms with Gasteiger partial charge in [0.05, 0.1) is 28.0 Å². The van der Waals surface area contributed by atoms with Gasteiger partial charge < -0.3 is 14.9 Å². The number of rotatable bonds is 6. The zero-order chi connectivity index (χ0) is 23.9. The van der Waals surface area contributed by atoms with Gasteiger partial charge in [0.2, 0.25) is 10.0 Å². The molecule has 0 aliphatic carbocycles. The third kappa shape index (κ3) is 5.05. The zero-order valence-corrected chi connectivity index (χ0v) is 16.5. The molecule has 0 aliphatic rings. The topological polar surface area (TPSA) is 102 Å². The largest absolute Gasteiger partial charge is 0.548 e. The summed E-state index contributed by atoms with van der Waals surface area (Å²) < 4.78 is 105. The Morgan fingerprint density at radius 3 is 2.09 bits per heavy atom. The standard InChI is InChI=1S/C19H14F6N2O4S/c20-18(21,22)11-6-12(19(23,24)25)8-13(7-11)32(30,31)27-16(17(28)29)5-10-9-26-15-4-2-1-3-14(10)15/h1-4,6-9,16,26-27H,5H2,(H,28,29)/p-1/t16-/m0/s1. The average molecular weight is 479 g/mol. The highest BCUT2D eigenvalue weighted by Crippen LogP contribution is 2.37.